The molecule has 3 heterocycles. The Morgan fingerprint density at radius 2 is 1.56 bits per heavy atom. The van der Waals surface area contributed by atoms with Crippen LogP contribution in [0.25, 0.3) is 44.4 Å². The molecule has 43 heavy (non-hydrogen) atoms. The maximum Gasteiger partial charge on any atom is 2.00 e. The van der Waals surface area contributed by atoms with Gasteiger partial charge in [-0.25, -0.2) is 4.98 Å². The van der Waals surface area contributed by atoms with Crippen LogP contribution >= 0.6 is 0 Å². The first kappa shape index (κ1) is 28.6. The van der Waals surface area contributed by atoms with Gasteiger partial charge in [0.1, 0.15) is 5.82 Å². The fourth-order valence-electron chi connectivity index (χ4n) is 5.69. The van der Waals surface area contributed by atoms with Gasteiger partial charge in [0.25, 0.3) is 0 Å². The number of aryl methyl sites for hydroxylation is 2. The molecular formula is C37H30N4OPt. The SMILES string of the molecule is Cc1cccc(C)c1-c1cnn(-c2[c-]c(Oc3[c-]c4c(cc3)c3ccccc3n4-c3cc(C(C)C)ccn3)ccc2)c1.[Pt+2]. The standard InChI is InChI=1S/C37H30N4O.Pt/c1-24(2)27-17-18-38-36(19-27)41-34-14-6-5-13-32(34)33-16-15-31(21-35(33)41)42-30-12-8-11-29(20-30)40-23-28(22-39-40)37-25(3)9-7-10-26(37)4;/h5-19,22-24H,1-4H3;/q-2;+2. The molecule has 0 aliphatic heterocycles. The Morgan fingerprint density at radius 1 is 0.791 bits per heavy atom. The van der Waals surface area contributed by atoms with Crippen molar-refractivity contribution in [3.63, 3.8) is 0 Å². The Hall–Kier alpha value is -4.47. The fourth-order valence-corrected chi connectivity index (χ4v) is 5.69. The van der Waals surface area contributed by atoms with E-state index in [-0.39, 0.29) is 21.1 Å². The van der Waals surface area contributed by atoms with E-state index in [1.807, 2.05) is 47.5 Å². The third-order valence-corrected chi connectivity index (χ3v) is 7.79. The summed E-state index contributed by atoms with van der Waals surface area (Å²) in [5.41, 5.74) is 8.79. The molecule has 0 N–H and O–H groups in total. The molecule has 0 saturated heterocycles. The molecule has 214 valence electrons. The van der Waals surface area contributed by atoms with Crippen LogP contribution in [0.5, 0.6) is 11.5 Å². The van der Waals surface area contributed by atoms with E-state index in [1.54, 1.807) is 0 Å². The predicted molar refractivity (Wildman–Crippen MR) is 169 cm³/mol. The zero-order valence-corrected chi connectivity index (χ0v) is 26.7. The molecule has 3 aromatic heterocycles. The van der Waals surface area contributed by atoms with Gasteiger partial charge in [-0.05, 0) is 71.3 Å². The summed E-state index contributed by atoms with van der Waals surface area (Å²) in [6, 6.07) is 35.8. The zero-order chi connectivity index (χ0) is 28.8. The molecule has 0 aliphatic rings. The zero-order valence-electron chi connectivity index (χ0n) is 24.4. The van der Waals surface area contributed by atoms with Crippen molar-refractivity contribution in [2.45, 2.75) is 33.6 Å². The minimum Gasteiger partial charge on any atom is -0.509 e. The van der Waals surface area contributed by atoms with E-state index in [2.05, 4.69) is 110 Å². The van der Waals surface area contributed by atoms with Crippen LogP contribution in [0.15, 0.2) is 104 Å². The van der Waals surface area contributed by atoms with Gasteiger partial charge in [-0.1, -0.05) is 55.8 Å². The van der Waals surface area contributed by atoms with Crippen LogP contribution < -0.4 is 4.74 Å². The van der Waals surface area contributed by atoms with E-state index >= 15 is 0 Å². The number of rotatable bonds is 6. The molecule has 0 atom stereocenters. The number of aromatic nitrogens is 4. The number of fused-ring (bicyclic) bond motifs is 3. The van der Waals surface area contributed by atoms with Crippen LogP contribution in [0.2, 0.25) is 0 Å². The smallest absolute Gasteiger partial charge is 0.509 e. The van der Waals surface area contributed by atoms with Crippen LogP contribution in [0, 0.1) is 26.0 Å². The van der Waals surface area contributed by atoms with Crippen LogP contribution in [-0.2, 0) is 21.1 Å². The number of pyridine rings is 1. The van der Waals surface area contributed by atoms with E-state index in [1.165, 1.54) is 22.3 Å². The van der Waals surface area contributed by atoms with Crippen LogP contribution in [-0.4, -0.2) is 19.3 Å². The molecule has 0 amide bonds. The minimum atomic E-state index is 0. The number of ether oxygens (including phenoxy) is 1. The molecule has 0 spiro atoms. The molecule has 0 aliphatic carbocycles. The van der Waals surface area contributed by atoms with Gasteiger partial charge in [0, 0.05) is 35.0 Å². The van der Waals surface area contributed by atoms with Crippen molar-refractivity contribution in [3.8, 4) is 34.1 Å². The number of benzene rings is 4. The number of hydrogen-bond donors (Lipinski definition) is 0. The number of hydrogen-bond acceptors (Lipinski definition) is 3. The average Bonchev–Trinajstić information content (AvgIpc) is 3.60. The summed E-state index contributed by atoms with van der Waals surface area (Å²) >= 11 is 0. The summed E-state index contributed by atoms with van der Waals surface area (Å²) in [6.45, 7) is 8.65. The van der Waals surface area contributed by atoms with Gasteiger partial charge in [0.05, 0.1) is 6.20 Å². The van der Waals surface area contributed by atoms with Crippen LogP contribution in [0.1, 0.15) is 36.5 Å². The first-order chi connectivity index (χ1) is 20.5. The van der Waals surface area contributed by atoms with E-state index in [0.29, 0.717) is 17.4 Å². The third kappa shape index (κ3) is 5.30. The third-order valence-electron chi connectivity index (χ3n) is 7.79. The normalized spacial score (nSPS) is 11.3. The Kier molecular flexibility index (Phi) is 7.77. The second-order valence-corrected chi connectivity index (χ2v) is 11.0. The summed E-state index contributed by atoms with van der Waals surface area (Å²) in [5, 5.41) is 6.89. The number of para-hydroxylation sites is 1. The Bertz CT molecular complexity index is 2070. The second kappa shape index (κ2) is 11.7. The van der Waals surface area contributed by atoms with Crippen molar-refractivity contribution in [1.82, 2.24) is 19.3 Å². The van der Waals surface area contributed by atoms with Gasteiger partial charge in [0.15, 0.2) is 0 Å². The molecular weight excluding hydrogens is 712 g/mol. The van der Waals surface area contributed by atoms with E-state index in [9.17, 15) is 0 Å². The van der Waals surface area contributed by atoms with Crippen LogP contribution in [0.4, 0.5) is 0 Å². The number of nitrogens with zero attached hydrogens (tertiary/aromatic N) is 4. The topological polar surface area (TPSA) is 44.9 Å². The van der Waals surface area contributed by atoms with E-state index in [4.69, 9.17) is 9.72 Å². The molecule has 7 rings (SSSR count). The van der Waals surface area contributed by atoms with E-state index < -0.39 is 0 Å². The first-order valence-electron chi connectivity index (χ1n) is 14.2. The van der Waals surface area contributed by atoms with Gasteiger partial charge in [0.2, 0.25) is 0 Å². The maximum absolute atomic E-state index is 6.34. The van der Waals surface area contributed by atoms with Crippen molar-refractivity contribution in [2.24, 2.45) is 0 Å². The monoisotopic (exact) mass is 741 g/mol. The molecule has 0 bridgehead atoms. The Labute approximate surface area is 266 Å². The van der Waals surface area contributed by atoms with Crippen molar-refractivity contribution >= 4 is 21.8 Å². The van der Waals surface area contributed by atoms with Crippen molar-refractivity contribution < 1.29 is 25.8 Å². The second-order valence-electron chi connectivity index (χ2n) is 11.0. The molecule has 4 aromatic carbocycles. The maximum atomic E-state index is 6.34. The van der Waals surface area contributed by atoms with Gasteiger partial charge < -0.3 is 9.30 Å². The summed E-state index contributed by atoms with van der Waals surface area (Å²) < 4.78 is 10.3. The molecule has 0 fully saturated rings. The van der Waals surface area contributed by atoms with Gasteiger partial charge >= 0.3 is 21.1 Å². The minimum absolute atomic E-state index is 0. The predicted octanol–water partition coefficient (Wildman–Crippen LogP) is 9.16. The van der Waals surface area contributed by atoms with Gasteiger partial charge in [-0.3, -0.25) is 4.68 Å². The van der Waals surface area contributed by atoms with Crippen molar-refractivity contribution in [1.29, 1.82) is 0 Å². The summed E-state index contributed by atoms with van der Waals surface area (Å²) in [7, 11) is 0. The average molecular weight is 742 g/mol. The molecule has 7 aromatic rings. The first-order valence-corrected chi connectivity index (χ1v) is 14.2. The molecule has 0 saturated carbocycles. The van der Waals surface area contributed by atoms with Crippen LogP contribution in [0.3, 0.4) is 0 Å². The largest absolute Gasteiger partial charge is 2.00 e. The molecule has 0 radical (unpaired) electrons. The van der Waals surface area contributed by atoms with Gasteiger partial charge in [-0.2, -0.15) is 17.2 Å². The van der Waals surface area contributed by atoms with Crippen molar-refractivity contribution in [3.05, 3.63) is 132 Å². The Morgan fingerprint density at radius 3 is 2.37 bits per heavy atom. The summed E-state index contributed by atoms with van der Waals surface area (Å²) in [5.74, 6) is 2.47. The fraction of sp³-hybridized carbons (Fsp3) is 0.135. The Balaban J connectivity index is 0.00000329. The summed E-state index contributed by atoms with van der Waals surface area (Å²) in [6.07, 6.45) is 5.83. The van der Waals surface area contributed by atoms with E-state index in [0.717, 1.165) is 38.9 Å². The molecule has 6 heteroatoms. The molecule has 0 unspecified atom stereocenters. The summed E-state index contributed by atoms with van der Waals surface area (Å²) in [4.78, 5) is 4.74. The van der Waals surface area contributed by atoms with Gasteiger partial charge in [-0.15, -0.1) is 35.7 Å². The van der Waals surface area contributed by atoms with Crippen molar-refractivity contribution in [2.75, 3.05) is 0 Å². The quantitative estimate of drug-likeness (QED) is 0.160. The molecule has 5 nitrogen and oxygen atoms in total.